The van der Waals surface area contributed by atoms with E-state index in [9.17, 15) is 14.7 Å². The molecule has 2 heterocycles. The van der Waals surface area contributed by atoms with E-state index in [2.05, 4.69) is 0 Å². The summed E-state index contributed by atoms with van der Waals surface area (Å²) in [6, 6.07) is -0.319. The van der Waals surface area contributed by atoms with Crippen LogP contribution in [0.25, 0.3) is 0 Å². The Balaban J connectivity index is 2.13. The molecule has 0 aromatic rings. The Hall–Kier alpha value is -1.22. The van der Waals surface area contributed by atoms with E-state index in [0.29, 0.717) is 25.7 Å². The number of hydrogen-bond acceptors (Lipinski definition) is 8. The fourth-order valence-electron chi connectivity index (χ4n) is 3.66. The second-order valence-electron chi connectivity index (χ2n) is 6.15. The van der Waals surface area contributed by atoms with Gasteiger partial charge in [-0.2, -0.15) is 0 Å². The van der Waals surface area contributed by atoms with Gasteiger partial charge in [-0.3, -0.25) is 14.5 Å². The molecule has 0 aromatic heterocycles. The maximum Gasteiger partial charge on any atom is 0.319 e. The van der Waals surface area contributed by atoms with Crippen LogP contribution in [0.2, 0.25) is 0 Å². The highest BCUT2D eigenvalue weighted by molar-refractivity contribution is 5.73. The van der Waals surface area contributed by atoms with E-state index in [1.807, 2.05) is 4.90 Å². The average molecular weight is 331 g/mol. The Morgan fingerprint density at radius 2 is 1.74 bits per heavy atom. The van der Waals surface area contributed by atoms with E-state index in [1.54, 1.807) is 0 Å². The van der Waals surface area contributed by atoms with Crippen molar-refractivity contribution in [3.63, 3.8) is 0 Å². The van der Waals surface area contributed by atoms with E-state index >= 15 is 0 Å². The summed E-state index contributed by atoms with van der Waals surface area (Å²) < 4.78 is 19.9. The van der Waals surface area contributed by atoms with E-state index < -0.39 is 5.79 Å². The predicted octanol–water partition coefficient (Wildman–Crippen LogP) is -0.115. The smallest absolute Gasteiger partial charge is 0.319 e. The predicted molar refractivity (Wildman–Crippen MR) is 78.2 cm³/mol. The number of rotatable bonds is 6. The van der Waals surface area contributed by atoms with Crippen LogP contribution in [-0.2, 0) is 28.5 Å². The Kier molecular flexibility index (Phi) is 5.96. The highest BCUT2D eigenvalue weighted by atomic mass is 16.7. The van der Waals surface area contributed by atoms with Gasteiger partial charge in [-0.25, -0.2) is 0 Å². The summed E-state index contributed by atoms with van der Waals surface area (Å²) in [5.41, 5.74) is 0. The molecule has 0 amide bonds. The summed E-state index contributed by atoms with van der Waals surface area (Å²) in [5.74, 6) is -2.12. The van der Waals surface area contributed by atoms with Crippen LogP contribution in [0.1, 0.15) is 25.7 Å². The topological polar surface area (TPSA) is 94.5 Å². The number of nitrogens with zero attached hydrogens (tertiary/aromatic N) is 1. The molecule has 23 heavy (non-hydrogen) atoms. The molecule has 2 fully saturated rings. The van der Waals surface area contributed by atoms with Gasteiger partial charge in [0.25, 0.3) is 0 Å². The zero-order chi connectivity index (χ0) is 17.0. The zero-order valence-electron chi connectivity index (χ0n) is 13.8. The first-order chi connectivity index (χ1) is 10.9. The molecule has 0 aromatic carbocycles. The molecule has 2 aliphatic rings. The van der Waals surface area contributed by atoms with E-state index in [4.69, 9.17) is 18.9 Å². The van der Waals surface area contributed by atoms with Gasteiger partial charge in [0.1, 0.15) is 6.79 Å². The second kappa shape index (κ2) is 7.57. The molecule has 0 spiro atoms. The molecule has 2 atom stereocenters. The number of methoxy groups -OCH3 is 3. The van der Waals surface area contributed by atoms with Crippen LogP contribution in [0.15, 0.2) is 0 Å². The molecular weight excluding hydrogens is 306 g/mol. The lowest BCUT2D eigenvalue weighted by Gasteiger charge is -2.52. The number of aliphatic hydroxyl groups is 1. The third-order valence-electron chi connectivity index (χ3n) is 4.68. The van der Waals surface area contributed by atoms with Crippen molar-refractivity contribution in [2.75, 3.05) is 34.7 Å². The lowest BCUT2D eigenvalue weighted by molar-refractivity contribution is -0.281. The average Bonchev–Trinajstić information content (AvgIpc) is 2.52. The molecule has 2 unspecified atom stereocenters. The van der Waals surface area contributed by atoms with Crippen LogP contribution < -0.4 is 0 Å². The molecule has 8 nitrogen and oxygen atoms in total. The van der Waals surface area contributed by atoms with Crippen LogP contribution in [0, 0.1) is 5.92 Å². The van der Waals surface area contributed by atoms with E-state index in [1.165, 1.54) is 21.3 Å². The molecule has 2 aliphatic heterocycles. The zero-order valence-corrected chi connectivity index (χ0v) is 13.8. The maximum atomic E-state index is 11.9. The first-order valence-corrected chi connectivity index (χ1v) is 7.68. The van der Waals surface area contributed by atoms with Gasteiger partial charge in [-0.1, -0.05) is 0 Å². The van der Waals surface area contributed by atoms with Crippen LogP contribution >= 0.6 is 0 Å². The Bertz CT molecular complexity index is 426. The van der Waals surface area contributed by atoms with Crippen molar-refractivity contribution >= 4 is 11.9 Å². The minimum Gasteiger partial charge on any atom is -0.469 e. The normalized spacial score (nSPS) is 34.0. The van der Waals surface area contributed by atoms with Gasteiger partial charge in [0.15, 0.2) is 5.79 Å². The minimum atomic E-state index is -1.31. The molecule has 0 aliphatic carbocycles. The fourth-order valence-corrected chi connectivity index (χ4v) is 3.66. The molecule has 8 heteroatoms. The van der Waals surface area contributed by atoms with Crippen molar-refractivity contribution in [2.45, 2.75) is 43.6 Å². The van der Waals surface area contributed by atoms with E-state index in [-0.39, 0.29) is 43.3 Å². The molecule has 2 bridgehead atoms. The number of carbonyl (C=O) groups is 2. The first kappa shape index (κ1) is 18.1. The first-order valence-electron chi connectivity index (χ1n) is 7.68. The monoisotopic (exact) mass is 331 g/mol. The summed E-state index contributed by atoms with van der Waals surface area (Å²) in [4.78, 5) is 25.5. The molecule has 132 valence electrons. The maximum absolute atomic E-state index is 11.9. The quantitative estimate of drug-likeness (QED) is 0.532. The largest absolute Gasteiger partial charge is 0.469 e. The molecular formula is C15H25NO7. The van der Waals surface area contributed by atoms with Gasteiger partial charge >= 0.3 is 11.9 Å². The fraction of sp³-hybridized carbons (Fsp3) is 0.867. The number of esters is 2. The Morgan fingerprint density at radius 1 is 1.13 bits per heavy atom. The summed E-state index contributed by atoms with van der Waals surface area (Å²) in [6.07, 6.45) is 1.63. The highest BCUT2D eigenvalue weighted by Crippen LogP contribution is 2.42. The van der Waals surface area contributed by atoms with Gasteiger partial charge in [0.05, 0.1) is 26.7 Å². The Labute approximate surface area is 135 Å². The van der Waals surface area contributed by atoms with E-state index in [0.717, 1.165) is 0 Å². The van der Waals surface area contributed by atoms with Crippen LogP contribution in [0.3, 0.4) is 0 Å². The van der Waals surface area contributed by atoms with Gasteiger partial charge in [-0.15, -0.1) is 0 Å². The van der Waals surface area contributed by atoms with Crippen molar-refractivity contribution in [3.05, 3.63) is 0 Å². The summed E-state index contributed by atoms with van der Waals surface area (Å²) in [5, 5.41) is 10.6. The van der Waals surface area contributed by atoms with Crippen molar-refractivity contribution < 1.29 is 33.6 Å². The van der Waals surface area contributed by atoms with Crippen molar-refractivity contribution in [2.24, 2.45) is 5.92 Å². The van der Waals surface area contributed by atoms with Gasteiger partial charge in [0, 0.05) is 32.0 Å². The van der Waals surface area contributed by atoms with Gasteiger partial charge < -0.3 is 24.1 Å². The number of piperidine rings is 2. The standard InChI is InChI=1S/C15H25NO7/c1-20-9-23-15(19)6-11-4-10(14(18)22-3)5-12(7-15)16(11)8-13(17)21-2/h10-12,19H,4-9H2,1-3H3. The highest BCUT2D eigenvalue weighted by Gasteiger charge is 2.50. The van der Waals surface area contributed by atoms with Crippen LogP contribution in [-0.4, -0.2) is 74.5 Å². The summed E-state index contributed by atoms with van der Waals surface area (Å²) in [7, 11) is 4.21. The molecule has 2 rings (SSSR count). The molecule has 0 saturated carbocycles. The third-order valence-corrected chi connectivity index (χ3v) is 4.68. The van der Waals surface area contributed by atoms with Crippen LogP contribution in [0.4, 0.5) is 0 Å². The van der Waals surface area contributed by atoms with Crippen molar-refractivity contribution in [1.29, 1.82) is 0 Å². The SMILES string of the molecule is COCOC1(O)CC2CC(C(=O)OC)CC(C1)N2CC(=O)OC. The molecule has 1 N–H and O–H groups in total. The van der Waals surface area contributed by atoms with Gasteiger partial charge in [0.2, 0.25) is 0 Å². The molecule has 2 saturated heterocycles. The van der Waals surface area contributed by atoms with Crippen LogP contribution in [0.5, 0.6) is 0 Å². The minimum absolute atomic E-state index is 0.00658. The number of ether oxygens (including phenoxy) is 4. The number of fused-ring (bicyclic) bond motifs is 2. The second-order valence-corrected chi connectivity index (χ2v) is 6.15. The number of hydrogen-bond donors (Lipinski definition) is 1. The third kappa shape index (κ3) is 4.20. The number of carbonyl (C=O) groups excluding carboxylic acids is 2. The molecule has 0 radical (unpaired) electrons. The summed E-state index contributed by atoms with van der Waals surface area (Å²) >= 11 is 0. The summed E-state index contributed by atoms with van der Waals surface area (Å²) in [6.45, 7) is 0.132. The lowest BCUT2D eigenvalue weighted by atomic mass is 9.76. The lowest BCUT2D eigenvalue weighted by Crippen LogP contribution is -2.62. The Morgan fingerprint density at radius 3 is 2.22 bits per heavy atom. The van der Waals surface area contributed by atoms with Crippen molar-refractivity contribution in [1.82, 2.24) is 4.90 Å². The van der Waals surface area contributed by atoms with Crippen molar-refractivity contribution in [3.8, 4) is 0 Å². The van der Waals surface area contributed by atoms with Gasteiger partial charge in [-0.05, 0) is 12.8 Å².